The number of nitrogens with zero attached hydrogens (tertiary/aromatic N) is 1. The minimum absolute atomic E-state index is 0.00316. The number of hydrogen-bond donors (Lipinski definition) is 1. The van der Waals surface area contributed by atoms with Crippen LogP contribution in [-0.4, -0.2) is 23.5 Å². The zero-order valence-electron chi connectivity index (χ0n) is 16.2. The Morgan fingerprint density at radius 3 is 2.31 bits per heavy atom. The Morgan fingerprint density at radius 1 is 1.19 bits per heavy atom. The number of benzene rings is 1. The summed E-state index contributed by atoms with van der Waals surface area (Å²) < 4.78 is 10.6. The Bertz CT molecular complexity index is 783. The minimum atomic E-state index is -0.624. The van der Waals surface area contributed by atoms with E-state index in [1.165, 1.54) is 0 Å². The Balaban J connectivity index is 2.26. The predicted octanol–water partition coefficient (Wildman–Crippen LogP) is 4.52. The summed E-state index contributed by atoms with van der Waals surface area (Å²) in [6.45, 7) is 12.0. The van der Waals surface area contributed by atoms with E-state index in [2.05, 4.69) is 31.1 Å². The first-order valence-corrected chi connectivity index (χ1v) is 8.73. The molecule has 1 N–H and O–H groups in total. The third-order valence-electron chi connectivity index (χ3n) is 3.85. The van der Waals surface area contributed by atoms with Gasteiger partial charge >= 0.3 is 5.97 Å². The van der Waals surface area contributed by atoms with E-state index in [0.717, 1.165) is 5.56 Å². The number of hydrogen-bond acceptors (Lipinski definition) is 5. The van der Waals surface area contributed by atoms with Crippen LogP contribution >= 0.6 is 0 Å². The van der Waals surface area contributed by atoms with Gasteiger partial charge in [0.05, 0.1) is 6.61 Å². The van der Waals surface area contributed by atoms with Crippen LogP contribution < -0.4 is 5.32 Å². The van der Waals surface area contributed by atoms with Gasteiger partial charge in [0.15, 0.2) is 5.89 Å². The summed E-state index contributed by atoms with van der Waals surface area (Å²) in [6.07, 6.45) is 0. The smallest absolute Gasteiger partial charge is 0.362 e. The SMILES string of the molecule is CCOC(=O)c1nc(C(C)C)oc1NC(=O)c1ccc(C(C)(C)C)cc1. The van der Waals surface area contributed by atoms with Crippen LogP contribution in [0.5, 0.6) is 0 Å². The number of anilines is 1. The number of carbonyl (C=O) groups excluding carboxylic acids is 2. The van der Waals surface area contributed by atoms with E-state index in [4.69, 9.17) is 9.15 Å². The fourth-order valence-corrected chi connectivity index (χ4v) is 2.30. The molecule has 2 rings (SSSR count). The van der Waals surface area contributed by atoms with Crippen LogP contribution in [0.25, 0.3) is 0 Å². The molecule has 1 heterocycles. The monoisotopic (exact) mass is 358 g/mol. The molecule has 1 aromatic heterocycles. The van der Waals surface area contributed by atoms with E-state index in [9.17, 15) is 9.59 Å². The summed E-state index contributed by atoms with van der Waals surface area (Å²) in [5.74, 6) is -0.646. The predicted molar refractivity (Wildman–Crippen MR) is 99.6 cm³/mol. The molecule has 0 radical (unpaired) electrons. The first-order valence-electron chi connectivity index (χ1n) is 8.73. The van der Waals surface area contributed by atoms with E-state index >= 15 is 0 Å². The van der Waals surface area contributed by atoms with Crippen LogP contribution in [0, 0.1) is 0 Å². The molecule has 0 aliphatic carbocycles. The van der Waals surface area contributed by atoms with E-state index < -0.39 is 5.97 Å². The molecule has 140 valence electrons. The molecule has 6 heteroatoms. The molecule has 26 heavy (non-hydrogen) atoms. The number of rotatable bonds is 5. The van der Waals surface area contributed by atoms with Crippen molar-refractivity contribution < 1.29 is 18.7 Å². The molecule has 0 fully saturated rings. The van der Waals surface area contributed by atoms with Gasteiger partial charge in [0, 0.05) is 11.5 Å². The molecule has 0 bridgehead atoms. The molecule has 0 saturated carbocycles. The third-order valence-corrected chi connectivity index (χ3v) is 3.85. The van der Waals surface area contributed by atoms with Crippen molar-refractivity contribution in [1.29, 1.82) is 0 Å². The molecule has 0 atom stereocenters. The van der Waals surface area contributed by atoms with E-state index in [-0.39, 0.29) is 35.4 Å². The van der Waals surface area contributed by atoms with Crippen molar-refractivity contribution in [2.24, 2.45) is 0 Å². The lowest BCUT2D eigenvalue weighted by Gasteiger charge is -2.18. The number of aromatic nitrogens is 1. The first-order chi connectivity index (χ1) is 12.1. The second-order valence-electron chi connectivity index (χ2n) is 7.39. The van der Waals surface area contributed by atoms with Crippen molar-refractivity contribution in [2.75, 3.05) is 11.9 Å². The summed E-state index contributed by atoms with van der Waals surface area (Å²) in [4.78, 5) is 28.8. The third kappa shape index (κ3) is 4.50. The van der Waals surface area contributed by atoms with Crippen molar-refractivity contribution >= 4 is 17.8 Å². The average Bonchev–Trinajstić information content (AvgIpc) is 2.98. The number of nitrogens with one attached hydrogen (secondary N) is 1. The second-order valence-corrected chi connectivity index (χ2v) is 7.39. The Kier molecular flexibility index (Phi) is 5.85. The summed E-state index contributed by atoms with van der Waals surface area (Å²) in [5.41, 5.74) is 1.58. The summed E-state index contributed by atoms with van der Waals surface area (Å²) in [7, 11) is 0. The average molecular weight is 358 g/mol. The van der Waals surface area contributed by atoms with E-state index in [1.807, 2.05) is 26.0 Å². The van der Waals surface area contributed by atoms with Crippen LogP contribution in [0.4, 0.5) is 5.88 Å². The first kappa shape index (κ1) is 19.7. The number of carbonyl (C=O) groups is 2. The zero-order valence-corrected chi connectivity index (χ0v) is 16.2. The van der Waals surface area contributed by atoms with Gasteiger partial charge in [-0.1, -0.05) is 46.8 Å². The Hall–Kier alpha value is -2.63. The van der Waals surface area contributed by atoms with Crippen LogP contribution in [0.3, 0.4) is 0 Å². The van der Waals surface area contributed by atoms with Gasteiger partial charge in [0.1, 0.15) is 0 Å². The van der Waals surface area contributed by atoms with Gasteiger partial charge in [-0.25, -0.2) is 9.78 Å². The maximum absolute atomic E-state index is 12.5. The fourth-order valence-electron chi connectivity index (χ4n) is 2.30. The molecular formula is C20H26N2O4. The van der Waals surface area contributed by atoms with Crippen molar-refractivity contribution in [3.63, 3.8) is 0 Å². The molecule has 0 saturated heterocycles. The Morgan fingerprint density at radius 2 is 1.81 bits per heavy atom. The van der Waals surface area contributed by atoms with Crippen LogP contribution in [0.2, 0.25) is 0 Å². The topological polar surface area (TPSA) is 81.4 Å². The van der Waals surface area contributed by atoms with E-state index in [1.54, 1.807) is 19.1 Å². The summed E-state index contributed by atoms with van der Waals surface area (Å²) in [6, 6.07) is 7.33. The lowest BCUT2D eigenvalue weighted by atomic mass is 9.87. The standard InChI is InChI=1S/C20H26N2O4/c1-7-25-19(24)15-18(26-17(21-15)12(2)3)22-16(23)13-8-10-14(11-9-13)20(4,5)6/h8-12H,7H2,1-6H3,(H,22,23). The highest BCUT2D eigenvalue weighted by Crippen LogP contribution is 2.25. The second kappa shape index (κ2) is 7.72. The van der Waals surface area contributed by atoms with Crippen molar-refractivity contribution in [2.45, 2.75) is 52.9 Å². The van der Waals surface area contributed by atoms with E-state index in [0.29, 0.717) is 11.5 Å². The normalized spacial score (nSPS) is 11.5. The molecule has 1 aromatic carbocycles. The number of oxazole rings is 1. The van der Waals surface area contributed by atoms with Gasteiger partial charge < -0.3 is 9.15 Å². The molecule has 2 aromatic rings. The molecule has 0 aliphatic heterocycles. The molecular weight excluding hydrogens is 332 g/mol. The highest BCUT2D eigenvalue weighted by molar-refractivity contribution is 6.06. The van der Waals surface area contributed by atoms with Crippen LogP contribution in [0.15, 0.2) is 28.7 Å². The van der Waals surface area contributed by atoms with Gasteiger partial charge in [0.2, 0.25) is 11.6 Å². The largest absolute Gasteiger partial charge is 0.461 e. The lowest BCUT2D eigenvalue weighted by Crippen LogP contribution is -2.16. The zero-order chi connectivity index (χ0) is 19.5. The molecule has 1 amide bonds. The lowest BCUT2D eigenvalue weighted by molar-refractivity contribution is 0.0521. The molecule has 6 nitrogen and oxygen atoms in total. The number of amides is 1. The number of esters is 1. The maximum atomic E-state index is 12.5. The van der Waals surface area contributed by atoms with Gasteiger partial charge in [-0.05, 0) is 30.0 Å². The molecule has 0 aliphatic rings. The summed E-state index contributed by atoms with van der Waals surface area (Å²) >= 11 is 0. The minimum Gasteiger partial charge on any atom is -0.461 e. The van der Waals surface area contributed by atoms with Gasteiger partial charge in [0.25, 0.3) is 5.91 Å². The Labute approximate surface area is 154 Å². The fraction of sp³-hybridized carbons (Fsp3) is 0.450. The van der Waals surface area contributed by atoms with Gasteiger partial charge in [-0.15, -0.1) is 0 Å². The number of ether oxygens (including phenoxy) is 1. The van der Waals surface area contributed by atoms with Crippen molar-refractivity contribution in [1.82, 2.24) is 4.98 Å². The highest BCUT2D eigenvalue weighted by Gasteiger charge is 2.24. The molecule has 0 unspecified atom stereocenters. The quantitative estimate of drug-likeness (QED) is 0.795. The van der Waals surface area contributed by atoms with Crippen LogP contribution in [0.1, 0.15) is 79.8 Å². The van der Waals surface area contributed by atoms with Gasteiger partial charge in [-0.3, -0.25) is 10.1 Å². The van der Waals surface area contributed by atoms with Crippen molar-refractivity contribution in [3.8, 4) is 0 Å². The summed E-state index contributed by atoms with van der Waals surface area (Å²) in [5, 5.41) is 2.63. The maximum Gasteiger partial charge on any atom is 0.362 e. The van der Waals surface area contributed by atoms with Crippen molar-refractivity contribution in [3.05, 3.63) is 47.0 Å². The van der Waals surface area contributed by atoms with Gasteiger partial charge in [-0.2, -0.15) is 0 Å². The highest BCUT2D eigenvalue weighted by atomic mass is 16.5. The van der Waals surface area contributed by atoms with Crippen LogP contribution in [-0.2, 0) is 10.2 Å². The molecule has 0 spiro atoms.